The summed E-state index contributed by atoms with van der Waals surface area (Å²) in [7, 11) is 5.62. The molecule has 5 nitrogen and oxygen atoms in total. The van der Waals surface area contributed by atoms with Crippen molar-refractivity contribution >= 4 is 5.97 Å². The second-order valence-corrected chi connectivity index (χ2v) is 4.26. The van der Waals surface area contributed by atoms with Gasteiger partial charge in [-0.2, -0.15) is 0 Å². The third-order valence-corrected chi connectivity index (χ3v) is 2.59. The summed E-state index contributed by atoms with van der Waals surface area (Å²) in [6, 6.07) is 1.63. The van der Waals surface area contributed by atoms with Crippen molar-refractivity contribution in [2.45, 2.75) is 19.6 Å². The number of carbonyl (C=O) groups is 1. The molecule has 5 heteroatoms. The standard InChI is InChI=1S/C12H20N2O3/c1-13(2)6-4-7-14-8-5-10(12(15)16)11(14)9-17-3/h5,8H,4,6-7,9H2,1-3H3,(H,15,16). The van der Waals surface area contributed by atoms with Crippen LogP contribution in [0.3, 0.4) is 0 Å². The van der Waals surface area contributed by atoms with Crippen molar-refractivity contribution in [1.29, 1.82) is 0 Å². The molecule has 0 saturated carbocycles. The van der Waals surface area contributed by atoms with E-state index in [1.807, 2.05) is 24.9 Å². The fourth-order valence-corrected chi connectivity index (χ4v) is 1.76. The van der Waals surface area contributed by atoms with Crippen molar-refractivity contribution < 1.29 is 14.6 Å². The molecule has 1 rings (SSSR count). The van der Waals surface area contributed by atoms with Crippen LogP contribution in [0.4, 0.5) is 0 Å². The van der Waals surface area contributed by atoms with Crippen LogP contribution in [0.15, 0.2) is 12.3 Å². The van der Waals surface area contributed by atoms with Crippen LogP contribution in [0.5, 0.6) is 0 Å². The summed E-state index contributed by atoms with van der Waals surface area (Å²) in [6.07, 6.45) is 2.80. The van der Waals surface area contributed by atoms with Gasteiger partial charge in [0.25, 0.3) is 0 Å². The van der Waals surface area contributed by atoms with E-state index in [1.54, 1.807) is 13.2 Å². The van der Waals surface area contributed by atoms with E-state index in [4.69, 9.17) is 9.84 Å². The largest absolute Gasteiger partial charge is 0.478 e. The van der Waals surface area contributed by atoms with Crippen molar-refractivity contribution in [2.24, 2.45) is 0 Å². The van der Waals surface area contributed by atoms with E-state index >= 15 is 0 Å². The predicted molar refractivity (Wildman–Crippen MR) is 65.3 cm³/mol. The fraction of sp³-hybridized carbons (Fsp3) is 0.583. The van der Waals surface area contributed by atoms with Crippen LogP contribution in [0, 0.1) is 0 Å². The van der Waals surface area contributed by atoms with Gasteiger partial charge in [0.2, 0.25) is 0 Å². The molecule has 0 atom stereocenters. The summed E-state index contributed by atoms with van der Waals surface area (Å²) < 4.78 is 7.01. The average molecular weight is 240 g/mol. The number of nitrogens with zero attached hydrogens (tertiary/aromatic N) is 2. The van der Waals surface area contributed by atoms with Crippen molar-refractivity contribution in [3.63, 3.8) is 0 Å². The molecule has 0 aliphatic rings. The number of rotatable bonds is 7. The molecule has 1 aromatic rings. The van der Waals surface area contributed by atoms with Gasteiger partial charge in [-0.25, -0.2) is 4.79 Å². The summed E-state index contributed by atoms with van der Waals surface area (Å²) >= 11 is 0. The highest BCUT2D eigenvalue weighted by Gasteiger charge is 2.14. The monoisotopic (exact) mass is 240 g/mol. The Morgan fingerprint density at radius 3 is 2.76 bits per heavy atom. The Bertz CT molecular complexity index is 372. The number of ether oxygens (including phenoxy) is 1. The van der Waals surface area contributed by atoms with Crippen LogP contribution in [0.2, 0.25) is 0 Å². The Kier molecular flexibility index (Phi) is 5.18. The molecule has 1 heterocycles. The maximum absolute atomic E-state index is 11.0. The molecular formula is C12H20N2O3. The number of aromatic nitrogens is 1. The number of hydrogen-bond acceptors (Lipinski definition) is 3. The molecule has 0 aliphatic heterocycles. The van der Waals surface area contributed by atoms with Gasteiger partial charge >= 0.3 is 5.97 Å². The number of carboxylic acids is 1. The molecule has 0 radical (unpaired) electrons. The molecule has 1 N–H and O–H groups in total. The molecule has 0 bridgehead atoms. The van der Waals surface area contributed by atoms with Crippen LogP contribution in [0.1, 0.15) is 22.5 Å². The Balaban J connectivity index is 2.73. The Morgan fingerprint density at radius 2 is 2.24 bits per heavy atom. The zero-order chi connectivity index (χ0) is 12.8. The minimum absolute atomic E-state index is 0.330. The summed E-state index contributed by atoms with van der Waals surface area (Å²) in [4.78, 5) is 13.1. The first-order valence-corrected chi connectivity index (χ1v) is 5.61. The quantitative estimate of drug-likeness (QED) is 0.780. The van der Waals surface area contributed by atoms with Gasteiger partial charge in [-0.1, -0.05) is 0 Å². The minimum atomic E-state index is -0.900. The maximum atomic E-state index is 11.0. The lowest BCUT2D eigenvalue weighted by molar-refractivity contribution is 0.0691. The van der Waals surface area contributed by atoms with E-state index in [0.29, 0.717) is 12.2 Å². The van der Waals surface area contributed by atoms with Crippen LogP contribution in [-0.4, -0.2) is 48.3 Å². The van der Waals surface area contributed by atoms with Crippen LogP contribution < -0.4 is 0 Å². The SMILES string of the molecule is COCc1c(C(=O)O)ccn1CCCN(C)C. The minimum Gasteiger partial charge on any atom is -0.478 e. The number of aryl methyl sites for hydroxylation is 1. The third-order valence-electron chi connectivity index (χ3n) is 2.59. The molecular weight excluding hydrogens is 220 g/mol. The van der Waals surface area contributed by atoms with E-state index in [2.05, 4.69) is 4.90 Å². The lowest BCUT2D eigenvalue weighted by Gasteiger charge is -2.12. The van der Waals surface area contributed by atoms with Crippen molar-refractivity contribution in [1.82, 2.24) is 9.47 Å². The van der Waals surface area contributed by atoms with Gasteiger partial charge in [-0.15, -0.1) is 0 Å². The van der Waals surface area contributed by atoms with E-state index in [1.165, 1.54) is 0 Å². The summed E-state index contributed by atoms with van der Waals surface area (Å²) in [5.41, 5.74) is 1.07. The molecule has 0 amide bonds. The van der Waals surface area contributed by atoms with Gasteiger partial charge < -0.3 is 19.3 Å². The van der Waals surface area contributed by atoms with Gasteiger partial charge in [-0.05, 0) is 33.1 Å². The van der Waals surface area contributed by atoms with Gasteiger partial charge in [-0.3, -0.25) is 0 Å². The first kappa shape index (κ1) is 13.7. The average Bonchev–Trinajstić information content (AvgIpc) is 2.62. The van der Waals surface area contributed by atoms with Crippen LogP contribution >= 0.6 is 0 Å². The Morgan fingerprint density at radius 1 is 1.53 bits per heavy atom. The zero-order valence-corrected chi connectivity index (χ0v) is 10.6. The first-order valence-electron chi connectivity index (χ1n) is 5.61. The van der Waals surface area contributed by atoms with E-state index in [9.17, 15) is 4.79 Å². The van der Waals surface area contributed by atoms with Gasteiger partial charge in [0, 0.05) is 19.9 Å². The summed E-state index contributed by atoms with van der Waals surface area (Å²) in [6.45, 7) is 2.12. The lowest BCUT2D eigenvalue weighted by atomic mass is 10.2. The van der Waals surface area contributed by atoms with Crippen molar-refractivity contribution in [3.05, 3.63) is 23.5 Å². The molecule has 0 spiro atoms. The molecule has 1 aromatic heterocycles. The molecule has 0 unspecified atom stereocenters. The van der Waals surface area contributed by atoms with Crippen molar-refractivity contribution in [2.75, 3.05) is 27.7 Å². The predicted octanol–water partition coefficient (Wildman–Crippen LogP) is 1.28. The molecule has 96 valence electrons. The molecule has 0 aromatic carbocycles. The van der Waals surface area contributed by atoms with Gasteiger partial charge in [0.05, 0.1) is 17.9 Å². The summed E-state index contributed by atoms with van der Waals surface area (Å²) in [5.74, 6) is -0.900. The first-order chi connectivity index (χ1) is 8.06. The van der Waals surface area contributed by atoms with Gasteiger partial charge in [0.1, 0.15) is 0 Å². The molecule has 0 fully saturated rings. The van der Waals surface area contributed by atoms with Gasteiger partial charge in [0.15, 0.2) is 0 Å². The van der Waals surface area contributed by atoms with E-state index in [0.717, 1.165) is 25.2 Å². The highest BCUT2D eigenvalue weighted by Crippen LogP contribution is 2.13. The third kappa shape index (κ3) is 3.87. The molecule has 17 heavy (non-hydrogen) atoms. The van der Waals surface area contributed by atoms with E-state index < -0.39 is 5.97 Å². The van der Waals surface area contributed by atoms with Crippen LogP contribution in [-0.2, 0) is 17.9 Å². The number of aromatic carboxylic acids is 1. The smallest absolute Gasteiger partial charge is 0.337 e. The zero-order valence-electron chi connectivity index (χ0n) is 10.6. The van der Waals surface area contributed by atoms with Crippen LogP contribution in [0.25, 0.3) is 0 Å². The number of hydrogen-bond donors (Lipinski definition) is 1. The Labute approximate surface area is 102 Å². The highest BCUT2D eigenvalue weighted by atomic mass is 16.5. The summed E-state index contributed by atoms with van der Waals surface area (Å²) in [5, 5.41) is 9.04. The molecule has 0 aliphatic carbocycles. The topological polar surface area (TPSA) is 54.7 Å². The lowest BCUT2D eigenvalue weighted by Crippen LogP contribution is -2.16. The second kappa shape index (κ2) is 6.42. The number of methoxy groups -OCH3 is 1. The fourth-order valence-electron chi connectivity index (χ4n) is 1.76. The van der Waals surface area contributed by atoms with E-state index in [-0.39, 0.29) is 0 Å². The van der Waals surface area contributed by atoms with Crippen molar-refractivity contribution in [3.8, 4) is 0 Å². The second-order valence-electron chi connectivity index (χ2n) is 4.26. The number of carboxylic acid groups (broad SMARTS) is 1. The highest BCUT2D eigenvalue weighted by molar-refractivity contribution is 5.89. The molecule has 0 saturated heterocycles. The maximum Gasteiger partial charge on any atom is 0.337 e. The Hall–Kier alpha value is -1.33. The normalized spacial score (nSPS) is 11.1.